The van der Waals surface area contributed by atoms with Crippen LogP contribution in [0.1, 0.15) is 6.42 Å². The second-order valence-corrected chi connectivity index (χ2v) is 7.31. The Bertz CT molecular complexity index is 659. The highest BCUT2D eigenvalue weighted by molar-refractivity contribution is 7.91. The maximum atomic E-state index is 11.4. The van der Waals surface area contributed by atoms with Crippen molar-refractivity contribution in [2.24, 2.45) is 5.84 Å². The van der Waals surface area contributed by atoms with E-state index in [9.17, 15) is 18.5 Å². The minimum Gasteiger partial charge on any atom is -0.332 e. The molecule has 1 aromatic carbocycles. The van der Waals surface area contributed by atoms with Crippen molar-refractivity contribution >= 4 is 38.5 Å². The number of nitrogens with zero attached hydrogens (tertiary/aromatic N) is 2. The Morgan fingerprint density at radius 3 is 2.52 bits per heavy atom. The zero-order valence-corrected chi connectivity index (χ0v) is 12.6. The van der Waals surface area contributed by atoms with Crippen LogP contribution >= 0.6 is 12.2 Å². The summed E-state index contributed by atoms with van der Waals surface area (Å²) < 4.78 is 22.8. The van der Waals surface area contributed by atoms with Crippen molar-refractivity contribution in [2.75, 3.05) is 16.8 Å². The maximum Gasteiger partial charge on any atom is 0.269 e. The zero-order valence-electron chi connectivity index (χ0n) is 10.9. The van der Waals surface area contributed by atoms with Crippen LogP contribution in [0.3, 0.4) is 0 Å². The van der Waals surface area contributed by atoms with E-state index in [1.54, 1.807) is 0 Å². The molecule has 1 unspecified atom stereocenters. The highest BCUT2D eigenvalue weighted by atomic mass is 32.2. The van der Waals surface area contributed by atoms with Gasteiger partial charge in [-0.3, -0.25) is 15.1 Å². The van der Waals surface area contributed by atoms with Crippen molar-refractivity contribution < 1.29 is 13.3 Å². The Balaban J connectivity index is 1.99. The van der Waals surface area contributed by atoms with E-state index in [0.29, 0.717) is 12.1 Å². The minimum atomic E-state index is -3.05. The first kappa shape index (κ1) is 15.6. The summed E-state index contributed by atoms with van der Waals surface area (Å²) in [6, 6.07) is 5.33. The normalized spacial score (nSPS) is 20.0. The molecule has 1 saturated heterocycles. The van der Waals surface area contributed by atoms with Crippen LogP contribution in [0.5, 0.6) is 0 Å². The molecule has 1 fully saturated rings. The van der Waals surface area contributed by atoms with Gasteiger partial charge >= 0.3 is 0 Å². The van der Waals surface area contributed by atoms with Crippen LogP contribution in [0, 0.1) is 10.1 Å². The largest absolute Gasteiger partial charge is 0.332 e. The first-order valence-corrected chi connectivity index (χ1v) is 8.31. The van der Waals surface area contributed by atoms with Gasteiger partial charge < -0.3 is 5.32 Å². The van der Waals surface area contributed by atoms with E-state index in [0.717, 1.165) is 0 Å². The molecule has 0 amide bonds. The SMILES string of the molecule is NN(C(=S)Nc1ccc([N+](=O)[O-])cc1)C1CCS(=O)(=O)C1. The number of thiocarbonyl (C=S) groups is 1. The lowest BCUT2D eigenvalue weighted by Gasteiger charge is -2.25. The van der Waals surface area contributed by atoms with Gasteiger partial charge in [-0.1, -0.05) is 0 Å². The third kappa shape index (κ3) is 3.86. The third-order valence-electron chi connectivity index (χ3n) is 3.17. The summed E-state index contributed by atoms with van der Waals surface area (Å²) in [4.78, 5) is 10.1. The molecule has 1 aliphatic rings. The topological polar surface area (TPSA) is 119 Å². The summed E-state index contributed by atoms with van der Waals surface area (Å²) in [5.74, 6) is 5.91. The van der Waals surface area contributed by atoms with E-state index >= 15 is 0 Å². The lowest BCUT2D eigenvalue weighted by molar-refractivity contribution is -0.384. The summed E-state index contributed by atoms with van der Waals surface area (Å²) in [6.07, 6.45) is 0.431. The molecule has 0 spiro atoms. The quantitative estimate of drug-likeness (QED) is 0.359. The van der Waals surface area contributed by atoms with Gasteiger partial charge in [0.05, 0.1) is 22.5 Å². The highest BCUT2D eigenvalue weighted by Gasteiger charge is 2.32. The number of nitro groups is 1. The van der Waals surface area contributed by atoms with Crippen LogP contribution in [-0.2, 0) is 9.84 Å². The molecule has 0 radical (unpaired) electrons. The van der Waals surface area contributed by atoms with Crippen molar-refractivity contribution in [3.63, 3.8) is 0 Å². The Morgan fingerprint density at radius 1 is 1.43 bits per heavy atom. The molecule has 1 aromatic rings. The number of hydrogen-bond acceptors (Lipinski definition) is 6. The van der Waals surface area contributed by atoms with Crippen molar-refractivity contribution in [3.05, 3.63) is 34.4 Å². The molecule has 8 nitrogen and oxygen atoms in total. The predicted octanol–water partition coefficient (Wildman–Crippen LogP) is 0.654. The number of nitrogens with one attached hydrogen (secondary N) is 1. The van der Waals surface area contributed by atoms with Gasteiger partial charge in [0.2, 0.25) is 0 Å². The van der Waals surface area contributed by atoms with E-state index in [1.807, 2.05) is 0 Å². The number of hydrazine groups is 1. The van der Waals surface area contributed by atoms with Crippen LogP contribution in [0.4, 0.5) is 11.4 Å². The van der Waals surface area contributed by atoms with Crippen LogP contribution in [0.25, 0.3) is 0 Å². The molecule has 0 saturated carbocycles. The monoisotopic (exact) mass is 330 g/mol. The van der Waals surface area contributed by atoms with Gasteiger partial charge in [0.25, 0.3) is 5.69 Å². The minimum absolute atomic E-state index is 0.0222. The molecule has 2 rings (SSSR count). The Hall–Kier alpha value is -1.78. The fourth-order valence-electron chi connectivity index (χ4n) is 2.02. The van der Waals surface area contributed by atoms with Gasteiger partial charge in [-0.25, -0.2) is 14.3 Å². The van der Waals surface area contributed by atoms with Crippen LogP contribution < -0.4 is 11.2 Å². The highest BCUT2D eigenvalue weighted by Crippen LogP contribution is 2.18. The zero-order chi connectivity index (χ0) is 15.6. The molecule has 0 aromatic heterocycles. The lowest BCUT2D eigenvalue weighted by Crippen LogP contribution is -2.48. The molecular weight excluding hydrogens is 316 g/mol. The molecule has 0 bridgehead atoms. The number of non-ortho nitro benzene ring substituents is 1. The van der Waals surface area contributed by atoms with Gasteiger partial charge in [-0.15, -0.1) is 0 Å². The standard InChI is InChI=1S/C11H14N4O4S2/c12-14(10-5-6-21(18,19)7-10)11(20)13-8-1-3-9(4-2-8)15(16)17/h1-4,10H,5-7,12H2,(H,13,20). The number of nitro benzene ring substituents is 1. The molecule has 1 heterocycles. The first-order valence-electron chi connectivity index (χ1n) is 6.08. The van der Waals surface area contributed by atoms with E-state index < -0.39 is 14.8 Å². The number of sulfone groups is 1. The lowest BCUT2D eigenvalue weighted by atomic mass is 10.2. The summed E-state index contributed by atoms with van der Waals surface area (Å²) in [6.45, 7) is 0. The van der Waals surface area contributed by atoms with Crippen LogP contribution in [0.15, 0.2) is 24.3 Å². The van der Waals surface area contributed by atoms with Gasteiger partial charge in [-0.2, -0.15) is 0 Å². The van der Waals surface area contributed by atoms with Crippen LogP contribution in [-0.4, -0.2) is 41.0 Å². The molecule has 0 aliphatic carbocycles. The average Bonchev–Trinajstić information content (AvgIpc) is 2.78. The number of anilines is 1. The van der Waals surface area contributed by atoms with E-state index in [1.165, 1.54) is 29.3 Å². The Morgan fingerprint density at radius 2 is 2.05 bits per heavy atom. The third-order valence-corrected chi connectivity index (χ3v) is 5.23. The van der Waals surface area contributed by atoms with Crippen molar-refractivity contribution in [1.29, 1.82) is 0 Å². The van der Waals surface area contributed by atoms with Gasteiger partial charge in [0, 0.05) is 17.8 Å². The fourth-order valence-corrected chi connectivity index (χ4v) is 3.99. The number of benzene rings is 1. The summed E-state index contributed by atoms with van der Waals surface area (Å²) in [5, 5.41) is 14.8. The van der Waals surface area contributed by atoms with Gasteiger partial charge in [0.1, 0.15) is 0 Å². The molecule has 1 aliphatic heterocycles. The van der Waals surface area contributed by atoms with Crippen LogP contribution in [0.2, 0.25) is 0 Å². The second-order valence-electron chi connectivity index (χ2n) is 4.70. The number of nitrogens with two attached hydrogens (primary N) is 1. The summed E-state index contributed by atoms with van der Waals surface area (Å²) in [7, 11) is -3.05. The van der Waals surface area contributed by atoms with Crippen molar-refractivity contribution in [1.82, 2.24) is 5.01 Å². The summed E-state index contributed by atoms with van der Waals surface area (Å²) in [5.41, 5.74) is 0.514. The Kier molecular flexibility index (Phi) is 4.40. The smallest absolute Gasteiger partial charge is 0.269 e. The molecule has 10 heteroatoms. The Labute approximate surface area is 127 Å². The predicted molar refractivity (Wildman–Crippen MR) is 82.4 cm³/mol. The maximum absolute atomic E-state index is 11.4. The van der Waals surface area contributed by atoms with Gasteiger partial charge in [0.15, 0.2) is 14.9 Å². The molecular formula is C11H14N4O4S2. The summed E-state index contributed by atoms with van der Waals surface area (Å²) >= 11 is 5.12. The van der Waals surface area contributed by atoms with E-state index in [2.05, 4.69) is 5.32 Å². The molecule has 1 atom stereocenters. The van der Waals surface area contributed by atoms with Gasteiger partial charge in [-0.05, 0) is 30.8 Å². The van der Waals surface area contributed by atoms with Crippen molar-refractivity contribution in [2.45, 2.75) is 12.5 Å². The molecule has 21 heavy (non-hydrogen) atoms. The van der Waals surface area contributed by atoms with E-state index in [-0.39, 0.29) is 28.3 Å². The molecule has 114 valence electrons. The second kappa shape index (κ2) is 5.92. The first-order chi connectivity index (χ1) is 9.78. The number of hydrogen-bond donors (Lipinski definition) is 2. The van der Waals surface area contributed by atoms with Crippen molar-refractivity contribution in [3.8, 4) is 0 Å². The fraction of sp³-hybridized carbons (Fsp3) is 0.364. The molecule has 3 N–H and O–H groups in total. The number of rotatable bonds is 3. The average molecular weight is 330 g/mol. The van der Waals surface area contributed by atoms with E-state index in [4.69, 9.17) is 18.1 Å².